The summed E-state index contributed by atoms with van der Waals surface area (Å²) < 4.78 is 5.05. The van der Waals surface area contributed by atoms with Crippen molar-refractivity contribution < 1.29 is 19.4 Å². The van der Waals surface area contributed by atoms with E-state index in [1.165, 1.54) is 0 Å². The van der Waals surface area contributed by atoms with Crippen LogP contribution in [0.4, 0.5) is 4.79 Å². The molecule has 2 saturated carbocycles. The van der Waals surface area contributed by atoms with Crippen LogP contribution in [0.1, 0.15) is 32.1 Å². The standard InChI is InChI=1S/C13H22N2O4/c1-19-7-6-13(4-5-13)8-14-12(18)15-10(11(16)17)9-2-3-9/h9-10H,2-8H2,1H3,(H,16,17)(H2,14,15,18). The van der Waals surface area contributed by atoms with E-state index in [0.29, 0.717) is 13.2 Å². The number of rotatable bonds is 8. The Bertz CT molecular complexity index is 351. The third-order valence-corrected chi connectivity index (χ3v) is 4.06. The third-order valence-electron chi connectivity index (χ3n) is 4.06. The van der Waals surface area contributed by atoms with Crippen molar-refractivity contribution in [2.75, 3.05) is 20.3 Å². The minimum atomic E-state index is -0.946. The fraction of sp³-hybridized carbons (Fsp3) is 0.846. The van der Waals surface area contributed by atoms with Crippen LogP contribution >= 0.6 is 0 Å². The first kappa shape index (κ1) is 14.1. The highest BCUT2D eigenvalue weighted by atomic mass is 16.5. The second-order valence-electron chi connectivity index (χ2n) is 5.72. The molecular weight excluding hydrogens is 248 g/mol. The van der Waals surface area contributed by atoms with Crippen LogP contribution in [0.5, 0.6) is 0 Å². The van der Waals surface area contributed by atoms with Crippen molar-refractivity contribution in [3.63, 3.8) is 0 Å². The van der Waals surface area contributed by atoms with Gasteiger partial charge in [0, 0.05) is 20.3 Å². The molecule has 2 rings (SSSR count). The summed E-state index contributed by atoms with van der Waals surface area (Å²) in [5.41, 5.74) is 0.172. The van der Waals surface area contributed by atoms with E-state index < -0.39 is 12.0 Å². The number of hydrogen-bond acceptors (Lipinski definition) is 3. The van der Waals surface area contributed by atoms with Crippen LogP contribution in [0, 0.1) is 11.3 Å². The summed E-state index contributed by atoms with van der Waals surface area (Å²) >= 11 is 0. The van der Waals surface area contributed by atoms with E-state index in [1.54, 1.807) is 7.11 Å². The van der Waals surface area contributed by atoms with Crippen LogP contribution in [0.15, 0.2) is 0 Å². The molecule has 0 aromatic heterocycles. The summed E-state index contributed by atoms with van der Waals surface area (Å²) in [4.78, 5) is 22.7. The zero-order valence-corrected chi connectivity index (χ0v) is 11.3. The summed E-state index contributed by atoms with van der Waals surface area (Å²) in [7, 11) is 1.67. The van der Waals surface area contributed by atoms with Crippen molar-refractivity contribution in [1.29, 1.82) is 0 Å². The van der Waals surface area contributed by atoms with Gasteiger partial charge in [-0.1, -0.05) is 0 Å². The minimum absolute atomic E-state index is 0.103. The van der Waals surface area contributed by atoms with Gasteiger partial charge in [0.1, 0.15) is 6.04 Å². The van der Waals surface area contributed by atoms with E-state index in [0.717, 1.165) is 32.1 Å². The van der Waals surface area contributed by atoms with Gasteiger partial charge in [0.2, 0.25) is 0 Å². The smallest absolute Gasteiger partial charge is 0.326 e. The number of nitrogens with one attached hydrogen (secondary N) is 2. The predicted molar refractivity (Wildman–Crippen MR) is 68.8 cm³/mol. The van der Waals surface area contributed by atoms with Crippen LogP contribution in [0.3, 0.4) is 0 Å². The van der Waals surface area contributed by atoms with Crippen LogP contribution in [0.25, 0.3) is 0 Å². The number of aliphatic carboxylic acids is 1. The van der Waals surface area contributed by atoms with Gasteiger partial charge in [-0.3, -0.25) is 0 Å². The molecule has 2 amide bonds. The summed E-state index contributed by atoms with van der Waals surface area (Å²) in [6.45, 7) is 1.29. The molecule has 2 fully saturated rings. The molecule has 6 nitrogen and oxygen atoms in total. The second kappa shape index (κ2) is 5.77. The molecule has 1 atom stereocenters. The zero-order chi connectivity index (χ0) is 13.9. The fourth-order valence-electron chi connectivity index (χ4n) is 2.28. The number of amides is 2. The average Bonchev–Trinajstić information content (AvgIpc) is 3.26. The minimum Gasteiger partial charge on any atom is -0.480 e. The lowest BCUT2D eigenvalue weighted by atomic mass is 10.0. The normalized spacial score (nSPS) is 21.5. The van der Waals surface area contributed by atoms with Crippen molar-refractivity contribution in [3.8, 4) is 0 Å². The van der Waals surface area contributed by atoms with Gasteiger partial charge < -0.3 is 20.5 Å². The Kier molecular flexibility index (Phi) is 4.29. The Morgan fingerprint density at radius 2 is 2.11 bits per heavy atom. The first-order valence-corrected chi connectivity index (χ1v) is 6.82. The molecule has 0 heterocycles. The Morgan fingerprint density at radius 3 is 2.58 bits per heavy atom. The Labute approximate surface area is 112 Å². The quantitative estimate of drug-likeness (QED) is 0.613. The fourth-order valence-corrected chi connectivity index (χ4v) is 2.28. The van der Waals surface area contributed by atoms with Gasteiger partial charge in [-0.2, -0.15) is 0 Å². The molecule has 6 heteroatoms. The number of carboxylic acids is 1. The first-order chi connectivity index (χ1) is 9.06. The molecular formula is C13H22N2O4. The zero-order valence-electron chi connectivity index (χ0n) is 11.3. The van der Waals surface area contributed by atoms with Crippen molar-refractivity contribution in [3.05, 3.63) is 0 Å². The highest BCUT2D eigenvalue weighted by Crippen LogP contribution is 2.48. The van der Waals surface area contributed by atoms with Gasteiger partial charge in [-0.05, 0) is 43.4 Å². The van der Waals surface area contributed by atoms with Gasteiger partial charge in [-0.15, -0.1) is 0 Å². The number of urea groups is 1. The number of carboxylic acid groups (broad SMARTS) is 1. The summed E-state index contributed by atoms with van der Waals surface area (Å²) in [6.07, 6.45) is 4.90. The number of hydrogen-bond donors (Lipinski definition) is 3. The van der Waals surface area contributed by atoms with Gasteiger partial charge >= 0.3 is 12.0 Å². The predicted octanol–water partition coefficient (Wildman–Crippen LogP) is 0.965. The second-order valence-corrected chi connectivity index (χ2v) is 5.72. The van der Waals surface area contributed by atoms with Crippen LogP contribution < -0.4 is 10.6 Å². The number of ether oxygens (including phenoxy) is 1. The summed E-state index contributed by atoms with van der Waals surface area (Å²) in [5.74, 6) is -0.843. The Balaban J connectivity index is 1.70. The molecule has 0 spiro atoms. The number of methoxy groups -OCH3 is 1. The summed E-state index contributed by atoms with van der Waals surface area (Å²) in [5, 5.41) is 14.4. The Morgan fingerprint density at radius 1 is 1.42 bits per heavy atom. The van der Waals surface area contributed by atoms with Crippen molar-refractivity contribution >= 4 is 12.0 Å². The molecule has 3 N–H and O–H groups in total. The van der Waals surface area contributed by atoms with Crippen LogP contribution in [-0.4, -0.2) is 43.4 Å². The van der Waals surface area contributed by atoms with Gasteiger partial charge in [0.05, 0.1) is 0 Å². The van der Waals surface area contributed by atoms with E-state index in [9.17, 15) is 9.59 Å². The molecule has 0 radical (unpaired) electrons. The molecule has 0 aromatic carbocycles. The monoisotopic (exact) mass is 270 g/mol. The molecule has 2 aliphatic rings. The van der Waals surface area contributed by atoms with E-state index in [2.05, 4.69) is 10.6 Å². The summed E-state index contributed by atoms with van der Waals surface area (Å²) in [6, 6.07) is -1.11. The molecule has 2 aliphatic carbocycles. The lowest BCUT2D eigenvalue weighted by Crippen LogP contribution is -2.48. The van der Waals surface area contributed by atoms with E-state index in [4.69, 9.17) is 9.84 Å². The van der Waals surface area contributed by atoms with Crippen LogP contribution in [0.2, 0.25) is 0 Å². The molecule has 0 saturated heterocycles. The lowest BCUT2D eigenvalue weighted by Gasteiger charge is -2.18. The number of carbonyl (C=O) groups is 2. The SMILES string of the molecule is COCCC1(CNC(=O)NC(C(=O)O)C2CC2)CC1. The van der Waals surface area contributed by atoms with Crippen molar-refractivity contribution in [1.82, 2.24) is 10.6 Å². The third kappa shape index (κ3) is 4.09. The van der Waals surface area contributed by atoms with Crippen molar-refractivity contribution in [2.24, 2.45) is 11.3 Å². The maximum atomic E-state index is 11.7. The van der Waals surface area contributed by atoms with E-state index >= 15 is 0 Å². The average molecular weight is 270 g/mol. The number of carbonyl (C=O) groups excluding carboxylic acids is 1. The van der Waals surface area contributed by atoms with E-state index in [1.807, 2.05) is 0 Å². The highest BCUT2D eigenvalue weighted by molar-refractivity contribution is 5.83. The molecule has 0 bridgehead atoms. The van der Waals surface area contributed by atoms with E-state index in [-0.39, 0.29) is 17.4 Å². The Hall–Kier alpha value is -1.30. The maximum absolute atomic E-state index is 11.7. The van der Waals surface area contributed by atoms with Crippen LogP contribution in [-0.2, 0) is 9.53 Å². The molecule has 108 valence electrons. The topological polar surface area (TPSA) is 87.7 Å². The highest BCUT2D eigenvalue weighted by Gasteiger charge is 2.42. The molecule has 0 aliphatic heterocycles. The van der Waals surface area contributed by atoms with Gasteiger partial charge in [-0.25, -0.2) is 9.59 Å². The first-order valence-electron chi connectivity index (χ1n) is 6.82. The van der Waals surface area contributed by atoms with Crippen molar-refractivity contribution in [2.45, 2.75) is 38.1 Å². The molecule has 1 unspecified atom stereocenters. The van der Waals surface area contributed by atoms with Gasteiger partial charge in [0.25, 0.3) is 0 Å². The lowest BCUT2D eigenvalue weighted by molar-refractivity contribution is -0.139. The molecule has 19 heavy (non-hydrogen) atoms. The largest absolute Gasteiger partial charge is 0.480 e. The van der Waals surface area contributed by atoms with Gasteiger partial charge in [0.15, 0.2) is 0 Å². The molecule has 0 aromatic rings. The maximum Gasteiger partial charge on any atom is 0.326 e.